The number of para-hydroxylation sites is 2. The first-order valence-electron chi connectivity index (χ1n) is 45.6. The lowest BCUT2D eigenvalue weighted by molar-refractivity contribution is -0.149. The Bertz CT molecular complexity index is 5420. The van der Waals surface area contributed by atoms with Crippen molar-refractivity contribution in [2.45, 2.75) is 240 Å². The minimum atomic E-state index is -1.96. The van der Waals surface area contributed by atoms with Crippen LogP contribution in [0.25, 0.3) is 21.8 Å². The zero-order valence-electron chi connectivity index (χ0n) is 77.4. The number of aliphatic hydroxyl groups is 1. The molecule has 46 heteroatoms. The van der Waals surface area contributed by atoms with Gasteiger partial charge in [-0.05, 0) is 99.2 Å². The van der Waals surface area contributed by atoms with Crippen molar-refractivity contribution in [3.8, 4) is 5.75 Å². The van der Waals surface area contributed by atoms with Crippen LogP contribution in [0.15, 0.2) is 97.7 Å². The Balaban J connectivity index is 1.12. The summed E-state index contributed by atoms with van der Waals surface area (Å²) in [6, 6.07) is -2.64. The monoisotopic (exact) mass is 1940 g/mol. The number of primary amides is 2. The van der Waals surface area contributed by atoms with E-state index in [-0.39, 0.29) is 75.8 Å². The van der Waals surface area contributed by atoms with Gasteiger partial charge in [-0.15, -0.1) is 11.8 Å². The fraction of sp³-hybridized carbons (Fsp3) is 0.511. The first kappa shape index (κ1) is 107. The second kappa shape index (κ2) is 51.0. The van der Waals surface area contributed by atoms with E-state index in [0.717, 1.165) is 31.5 Å². The molecule has 3 aliphatic heterocycles. The number of fused-ring (bicyclic) bond motifs is 4. The molecule has 3 aromatic heterocycles. The number of H-pyrrole nitrogens is 3. The van der Waals surface area contributed by atoms with Crippen LogP contribution in [0, 0.1) is 5.92 Å². The average molecular weight is 1940 g/mol. The zero-order valence-corrected chi connectivity index (χ0v) is 78.2. The van der Waals surface area contributed by atoms with E-state index in [2.05, 4.69) is 67.8 Å². The van der Waals surface area contributed by atoms with E-state index in [0.29, 0.717) is 63.1 Å². The highest BCUT2D eigenvalue weighted by Gasteiger charge is 2.47. The summed E-state index contributed by atoms with van der Waals surface area (Å²) in [4.78, 5) is 306. The van der Waals surface area contributed by atoms with Gasteiger partial charge in [0.05, 0.1) is 42.9 Å². The second-order valence-corrected chi connectivity index (χ2v) is 35.8. The molecule has 21 N–H and O–H groups in total. The smallest absolute Gasteiger partial charge is 0.305 e. The van der Waals surface area contributed by atoms with Gasteiger partial charge in [0.15, 0.2) is 5.78 Å². The lowest BCUT2D eigenvalue weighted by Crippen LogP contribution is -2.60. The number of nitrogens with two attached hydrogens (primary N) is 2. The van der Waals surface area contributed by atoms with E-state index in [4.69, 9.17) is 11.5 Å². The van der Waals surface area contributed by atoms with Crippen LogP contribution in [0.4, 0.5) is 0 Å². The molecule has 6 aromatic rings. The summed E-state index contributed by atoms with van der Waals surface area (Å²) >= 11 is 0.679. The number of rotatable bonds is 28. The molecule has 45 nitrogen and oxygen atoms in total. The van der Waals surface area contributed by atoms with Crippen LogP contribution >= 0.6 is 11.8 Å². The highest BCUT2D eigenvalue weighted by atomic mass is 32.2. The lowest BCUT2D eigenvalue weighted by atomic mass is 9.90. The number of phenolic OH excluding ortho intramolecular Hbond substituents is 1. The third-order valence-corrected chi connectivity index (χ3v) is 25.7. The molecule has 3 aromatic carbocycles. The number of ketones is 1. The van der Waals surface area contributed by atoms with Gasteiger partial charge in [-0.25, -0.2) is 4.98 Å². The van der Waals surface area contributed by atoms with Crippen molar-refractivity contribution in [3.63, 3.8) is 0 Å². The Hall–Kier alpha value is -14.3. The van der Waals surface area contributed by atoms with E-state index in [1.807, 2.05) is 0 Å². The SMILES string of the molecule is CCCC[C@H]1C(=O)N(C)[C@@H](CCCC)C(=O)N[C@@H](CCC(=O)O)C(=O)N[C@H](C(=O)NCC(N)=O)CSCC(=O)N[C@@H](Cc2ccc(O)cc2)C(=O)N(C)[C@@H](C)C(=O)N[C@@H](CC(=O)O)C(=O)N2CCC[C@H]2C(=O)N[C@@H](Cc2c[nH]cn2)C(=O)N[C@@H](CCC(N)=O)C(=O)N2C[C@H](O)C[C@H]2C(=O)C[C@@H](Cc2c[nH]c3ccccc23)C(=O)N[C@@H](CCC(=O)O)C(=O)N[C@@H](Cc2c[nH]c3ccccc23)C(=O)N1C. The molecule has 0 unspecified atom stereocenters. The first-order chi connectivity index (χ1) is 65.6. The van der Waals surface area contributed by atoms with Crippen LogP contribution in [-0.2, 0) is 122 Å². The van der Waals surface area contributed by atoms with Gasteiger partial charge < -0.3 is 124 Å². The average Bonchev–Trinajstić information content (AvgIpc) is 1.61. The maximum atomic E-state index is 15.8. The highest BCUT2D eigenvalue weighted by Crippen LogP contribution is 2.30. The molecular formula is C92H122N20O25S. The quantitative estimate of drug-likeness (QED) is 0.0264. The summed E-state index contributed by atoms with van der Waals surface area (Å²) < 4.78 is 0. The summed E-state index contributed by atoms with van der Waals surface area (Å²) in [6.45, 7) is 3.19. The topological polar surface area (TPSA) is 679 Å². The third-order valence-electron chi connectivity index (χ3n) is 24.7. The predicted molar refractivity (Wildman–Crippen MR) is 496 cm³/mol. The van der Waals surface area contributed by atoms with E-state index in [1.165, 1.54) is 57.8 Å². The molecule has 3 fully saturated rings. The number of amides is 16. The van der Waals surface area contributed by atoms with Crippen LogP contribution in [0.2, 0.25) is 0 Å². The number of carbonyl (C=O) groups is 20. The zero-order chi connectivity index (χ0) is 101. The minimum Gasteiger partial charge on any atom is -0.508 e. The minimum absolute atomic E-state index is 0.0839. The van der Waals surface area contributed by atoms with Gasteiger partial charge in [0.2, 0.25) is 94.5 Å². The van der Waals surface area contributed by atoms with Crippen molar-refractivity contribution in [2.24, 2.45) is 17.4 Å². The van der Waals surface area contributed by atoms with Crippen LogP contribution in [0.1, 0.15) is 152 Å². The number of nitrogens with zero attached hydrogens (tertiary/aromatic N) is 6. The number of aliphatic hydroxyl groups excluding tert-OH is 1. The van der Waals surface area contributed by atoms with Crippen molar-refractivity contribution in [1.82, 2.24) is 92.3 Å². The number of thioether (sulfide) groups is 1. The number of aliphatic carboxylic acids is 3. The van der Waals surface area contributed by atoms with Gasteiger partial charge in [0.1, 0.15) is 78.3 Å². The predicted octanol–water partition coefficient (Wildman–Crippen LogP) is -1.55. The van der Waals surface area contributed by atoms with Crippen LogP contribution in [0.3, 0.4) is 0 Å². The summed E-state index contributed by atoms with van der Waals surface area (Å²) in [5, 5.41) is 76.3. The number of likely N-dealkylation sites (N-methyl/N-ethyl adjacent to an activating group) is 3. The number of Topliss-reactive ketones (excluding diaryl/α,β-unsaturated/α-hetero) is 1. The molecule has 6 heterocycles. The van der Waals surface area contributed by atoms with Gasteiger partial charge in [0, 0.05) is 138 Å². The van der Waals surface area contributed by atoms with Gasteiger partial charge in [-0.2, -0.15) is 0 Å². The van der Waals surface area contributed by atoms with E-state index in [9.17, 15) is 83.1 Å². The summed E-state index contributed by atoms with van der Waals surface area (Å²) in [5.74, 6) is -24.7. The van der Waals surface area contributed by atoms with E-state index < -0.39 is 298 Å². The molecule has 0 spiro atoms. The number of carboxylic acids is 3. The van der Waals surface area contributed by atoms with Crippen LogP contribution in [0.5, 0.6) is 5.75 Å². The number of phenols is 1. The largest absolute Gasteiger partial charge is 0.508 e. The Morgan fingerprint density at radius 3 is 1.64 bits per heavy atom. The first-order valence-corrected chi connectivity index (χ1v) is 46.8. The standard InChI is InChI=1S/C92H122N20O25S/c1-7-9-20-69-86(131)102-62(29-32-78(121)122)84(129)107-68(82(127)98-44-75(94)117)46-138-47-76(118)100-65(34-50-23-25-55(113)26-24-50)88(133)108(4)49(3)80(125)105-67(40-79(123)124)91(136)111-33-15-22-70(111)87(132)104-64(38-54-43-95-48-99-54)85(130)103-63(27-30-74(93)116)90(135)112-45-56(114)39-72(112)73(115)37-51(35-52-41-96-59-18-13-11-16-57(52)59)81(126)101-61(28-31-77(119)120)83(128)106-66(36-53-42-97-60-19-14-12-17-58(53)60)89(134)110(6)71(21-10-8-2)92(137)109(69)5/h11-14,16-19,23-26,41-43,48-49,51,56,61-72,96-97,113-114H,7-10,15,20-22,27-40,44-47H2,1-6H3,(H2,93,116)(H2,94,117)(H,95,99)(H,98,127)(H,100,118)(H,101,126)(H,102,131)(H,103,130)(H,104,132)(H,105,125)(H,106,128)(H,107,129)(H,119,120)(H,121,122)(H,123,124)/t49-,51+,56+,61-,62-,63-,64-,65-,66-,67-,68-,69-,70-,71-,72-/m0/s1. The second-order valence-electron chi connectivity index (χ2n) is 34.8. The van der Waals surface area contributed by atoms with Gasteiger partial charge in [-0.1, -0.05) is 88.1 Å². The van der Waals surface area contributed by atoms with Crippen molar-refractivity contribution in [2.75, 3.05) is 52.3 Å². The Morgan fingerprint density at radius 2 is 1.05 bits per heavy atom. The Labute approximate surface area is 797 Å². The number of imidazole rings is 1. The molecule has 0 aliphatic carbocycles. The highest BCUT2D eigenvalue weighted by molar-refractivity contribution is 8.00. The summed E-state index contributed by atoms with van der Waals surface area (Å²) in [7, 11) is 3.70. The van der Waals surface area contributed by atoms with Crippen LogP contribution < -0.4 is 59.3 Å². The Morgan fingerprint density at radius 1 is 0.514 bits per heavy atom. The third kappa shape index (κ3) is 30.1. The maximum Gasteiger partial charge on any atom is 0.305 e. The molecule has 3 saturated heterocycles. The number of nitrogens with one attached hydrogen (secondary N) is 12. The Kier molecular flexibility index (Phi) is 39.7. The fourth-order valence-electron chi connectivity index (χ4n) is 17.0. The number of benzene rings is 3. The molecular weight excluding hydrogens is 1820 g/mol. The molecule has 0 radical (unpaired) electrons. The molecule has 9 rings (SSSR count). The molecule has 16 amide bonds. The van der Waals surface area contributed by atoms with Gasteiger partial charge >= 0.3 is 17.9 Å². The van der Waals surface area contributed by atoms with Gasteiger partial charge in [0.25, 0.3) is 0 Å². The number of carboxylic acid groups (broad SMARTS) is 3. The number of aromatic amines is 3. The van der Waals surface area contributed by atoms with Crippen molar-refractivity contribution in [3.05, 3.63) is 120 Å². The van der Waals surface area contributed by atoms with Crippen molar-refractivity contribution >= 4 is 152 Å². The van der Waals surface area contributed by atoms with Crippen molar-refractivity contribution < 1.29 is 121 Å². The lowest BCUT2D eigenvalue weighted by Gasteiger charge is -2.36. The number of unbranched alkanes of at least 4 members (excludes halogenated alkanes) is 2. The number of hydrogen-bond donors (Lipinski definition) is 19. The molecule has 746 valence electrons. The molecule has 15 atom stereocenters. The molecule has 3 aliphatic rings. The summed E-state index contributed by atoms with van der Waals surface area (Å²) in [6.07, 6.45) is -2.30. The number of hydrogen-bond acceptors (Lipinski definition) is 24. The van der Waals surface area contributed by atoms with Crippen LogP contribution in [-0.4, -0.2) is 325 Å². The van der Waals surface area contributed by atoms with Crippen molar-refractivity contribution in [1.29, 1.82) is 0 Å². The molecule has 0 bridgehead atoms. The van der Waals surface area contributed by atoms with E-state index in [1.54, 1.807) is 74.8 Å². The number of aromatic nitrogens is 4. The molecule has 138 heavy (non-hydrogen) atoms. The molecule has 0 saturated carbocycles. The summed E-state index contributed by atoms with van der Waals surface area (Å²) in [5.41, 5.74) is 13.6. The van der Waals surface area contributed by atoms with E-state index >= 15 is 38.4 Å². The maximum absolute atomic E-state index is 15.8. The van der Waals surface area contributed by atoms with Gasteiger partial charge in [-0.3, -0.25) is 95.9 Å². The number of carbonyl (C=O) groups excluding carboxylic acids is 17. The number of aromatic hydroxyl groups is 1. The fourth-order valence-corrected chi connectivity index (χ4v) is 17.8. The normalized spacial score (nSPS) is 24.5.